The van der Waals surface area contributed by atoms with E-state index in [9.17, 15) is 4.79 Å². The number of amides is 1. The van der Waals surface area contributed by atoms with E-state index in [1.807, 2.05) is 25.1 Å². The molecule has 1 saturated heterocycles. The molecule has 2 aliphatic heterocycles. The van der Waals surface area contributed by atoms with Crippen LogP contribution < -0.4 is 15.1 Å². The summed E-state index contributed by atoms with van der Waals surface area (Å²) >= 11 is 0. The number of hydrogen-bond acceptors (Lipinski definition) is 4. The molecule has 4 rings (SSSR count). The van der Waals surface area contributed by atoms with E-state index in [0.29, 0.717) is 19.6 Å². The molecule has 8 nitrogen and oxygen atoms in total. The van der Waals surface area contributed by atoms with Crippen LogP contribution in [0.25, 0.3) is 0 Å². The molecular weight excluding hydrogens is 505 g/mol. The van der Waals surface area contributed by atoms with Gasteiger partial charge in [0.2, 0.25) is 5.91 Å². The Labute approximate surface area is 200 Å². The third kappa shape index (κ3) is 5.57. The number of anilines is 2. The molecule has 1 fully saturated rings. The van der Waals surface area contributed by atoms with Gasteiger partial charge in [0, 0.05) is 51.7 Å². The molecule has 0 atom stereocenters. The van der Waals surface area contributed by atoms with Crippen molar-refractivity contribution in [2.75, 3.05) is 49.1 Å². The van der Waals surface area contributed by atoms with Crippen LogP contribution in [0.2, 0.25) is 0 Å². The summed E-state index contributed by atoms with van der Waals surface area (Å²) in [4.78, 5) is 23.6. The van der Waals surface area contributed by atoms with Crippen LogP contribution in [0.15, 0.2) is 53.8 Å². The van der Waals surface area contributed by atoms with Crippen LogP contribution in [-0.2, 0) is 18.4 Å². The van der Waals surface area contributed by atoms with Crippen LogP contribution in [0, 0.1) is 0 Å². The van der Waals surface area contributed by atoms with Crippen molar-refractivity contribution in [3.05, 3.63) is 54.4 Å². The van der Waals surface area contributed by atoms with Crippen molar-refractivity contribution < 1.29 is 4.79 Å². The number of guanidine groups is 1. The highest BCUT2D eigenvalue weighted by molar-refractivity contribution is 14.0. The van der Waals surface area contributed by atoms with E-state index < -0.39 is 0 Å². The van der Waals surface area contributed by atoms with Crippen molar-refractivity contribution in [3.63, 3.8) is 0 Å². The summed E-state index contributed by atoms with van der Waals surface area (Å²) < 4.78 is 1.71. The standard InChI is InChI=1S/C22H29N7O.HI/c1-3-23-22(24-14-18-6-8-19(9-7-18)27-10-4-5-11-27)28-12-13-29(21(30)17-28)20-15-25-26(2)16-20;/h4-9,15-16H,3,10-14,17H2,1-2H3,(H,23,24);1H. The Hall–Kier alpha value is -2.56. The third-order valence-electron chi connectivity index (χ3n) is 5.39. The van der Waals surface area contributed by atoms with Crippen LogP contribution in [0.3, 0.4) is 0 Å². The first-order valence-electron chi connectivity index (χ1n) is 10.4. The van der Waals surface area contributed by atoms with Crippen LogP contribution in [0.1, 0.15) is 12.5 Å². The fourth-order valence-electron chi connectivity index (χ4n) is 3.77. The van der Waals surface area contributed by atoms with E-state index in [4.69, 9.17) is 4.99 Å². The Kier molecular flexibility index (Phi) is 7.94. The normalized spacial score (nSPS) is 16.6. The zero-order valence-electron chi connectivity index (χ0n) is 18.1. The molecule has 0 bridgehead atoms. The van der Waals surface area contributed by atoms with Gasteiger partial charge >= 0.3 is 0 Å². The summed E-state index contributed by atoms with van der Waals surface area (Å²) in [6, 6.07) is 8.57. The number of rotatable bonds is 5. The number of aromatic nitrogens is 2. The van der Waals surface area contributed by atoms with Crippen molar-refractivity contribution in [1.29, 1.82) is 0 Å². The maximum absolute atomic E-state index is 12.7. The quantitative estimate of drug-likeness (QED) is 0.276. The maximum atomic E-state index is 12.7. The zero-order chi connectivity index (χ0) is 20.9. The van der Waals surface area contributed by atoms with Gasteiger partial charge in [0.15, 0.2) is 5.96 Å². The molecule has 0 aliphatic carbocycles. The highest BCUT2D eigenvalue weighted by Gasteiger charge is 2.27. The van der Waals surface area contributed by atoms with Gasteiger partial charge in [-0.25, -0.2) is 4.99 Å². The Morgan fingerprint density at radius 1 is 1.13 bits per heavy atom. The molecule has 0 radical (unpaired) electrons. The zero-order valence-corrected chi connectivity index (χ0v) is 20.4. The molecular formula is C22H30IN7O. The van der Waals surface area contributed by atoms with Gasteiger partial charge in [-0.3, -0.25) is 9.48 Å². The van der Waals surface area contributed by atoms with E-state index in [0.717, 1.165) is 43.4 Å². The summed E-state index contributed by atoms with van der Waals surface area (Å²) in [5.74, 6) is 0.841. The van der Waals surface area contributed by atoms with Crippen molar-refractivity contribution in [1.82, 2.24) is 20.0 Å². The van der Waals surface area contributed by atoms with Gasteiger partial charge < -0.3 is 20.0 Å². The first-order chi connectivity index (χ1) is 14.6. The molecule has 1 amide bonds. The van der Waals surface area contributed by atoms with Gasteiger partial charge in [0.1, 0.15) is 6.54 Å². The number of aryl methyl sites for hydroxylation is 1. The average molecular weight is 535 g/mol. The fraction of sp³-hybridized carbons (Fsp3) is 0.409. The summed E-state index contributed by atoms with van der Waals surface area (Å²) in [5.41, 5.74) is 3.23. The first kappa shape index (κ1) is 23.1. The molecule has 0 saturated carbocycles. The van der Waals surface area contributed by atoms with Crippen molar-refractivity contribution in [2.24, 2.45) is 12.0 Å². The highest BCUT2D eigenvalue weighted by Crippen LogP contribution is 2.19. The summed E-state index contributed by atoms with van der Waals surface area (Å²) in [6.07, 6.45) is 7.98. The van der Waals surface area contributed by atoms with Crippen molar-refractivity contribution in [3.8, 4) is 0 Å². The van der Waals surface area contributed by atoms with Crippen molar-refractivity contribution >= 4 is 47.2 Å². The topological polar surface area (TPSA) is 69.0 Å². The molecule has 3 heterocycles. The number of aliphatic imine (C=N–C) groups is 1. The molecule has 31 heavy (non-hydrogen) atoms. The minimum Gasteiger partial charge on any atom is -0.364 e. The monoisotopic (exact) mass is 535 g/mol. The Morgan fingerprint density at radius 2 is 1.87 bits per heavy atom. The Bertz CT molecular complexity index is 930. The fourth-order valence-corrected chi connectivity index (χ4v) is 3.77. The minimum absolute atomic E-state index is 0. The molecule has 0 spiro atoms. The number of nitrogens with zero attached hydrogens (tertiary/aromatic N) is 6. The number of carbonyl (C=O) groups excluding carboxylic acids is 1. The number of nitrogens with one attached hydrogen (secondary N) is 1. The van der Waals surface area contributed by atoms with Crippen LogP contribution in [0.5, 0.6) is 0 Å². The number of halogens is 1. The molecule has 9 heteroatoms. The highest BCUT2D eigenvalue weighted by atomic mass is 127. The third-order valence-corrected chi connectivity index (χ3v) is 5.39. The van der Waals surface area contributed by atoms with Crippen LogP contribution in [-0.4, -0.2) is 65.8 Å². The largest absolute Gasteiger partial charge is 0.364 e. The van der Waals surface area contributed by atoms with E-state index in [1.54, 1.807) is 15.8 Å². The summed E-state index contributed by atoms with van der Waals surface area (Å²) in [5, 5.41) is 7.50. The lowest BCUT2D eigenvalue weighted by atomic mass is 10.2. The molecule has 1 N–H and O–H groups in total. The lowest BCUT2D eigenvalue weighted by Gasteiger charge is -2.35. The van der Waals surface area contributed by atoms with Gasteiger partial charge in [-0.1, -0.05) is 24.3 Å². The second-order valence-corrected chi connectivity index (χ2v) is 7.55. The molecule has 2 aromatic rings. The Balaban J connectivity index is 0.00000272. The van der Waals surface area contributed by atoms with Gasteiger partial charge in [-0.2, -0.15) is 5.10 Å². The molecule has 2 aliphatic rings. The number of hydrogen-bond donors (Lipinski definition) is 1. The van der Waals surface area contributed by atoms with Crippen LogP contribution in [0.4, 0.5) is 11.4 Å². The lowest BCUT2D eigenvalue weighted by molar-refractivity contribution is -0.120. The first-order valence-corrected chi connectivity index (χ1v) is 10.4. The Morgan fingerprint density at radius 3 is 2.48 bits per heavy atom. The smallest absolute Gasteiger partial charge is 0.246 e. The number of benzene rings is 1. The summed E-state index contributed by atoms with van der Waals surface area (Å²) in [6.45, 7) is 6.99. The van der Waals surface area contributed by atoms with Gasteiger partial charge in [-0.15, -0.1) is 24.0 Å². The molecule has 0 unspecified atom stereocenters. The van der Waals surface area contributed by atoms with Crippen molar-refractivity contribution in [2.45, 2.75) is 13.5 Å². The van der Waals surface area contributed by atoms with Gasteiger partial charge in [0.25, 0.3) is 0 Å². The van der Waals surface area contributed by atoms with E-state index in [2.05, 4.69) is 51.7 Å². The second-order valence-electron chi connectivity index (χ2n) is 7.55. The summed E-state index contributed by atoms with van der Waals surface area (Å²) in [7, 11) is 1.86. The molecule has 1 aromatic carbocycles. The maximum Gasteiger partial charge on any atom is 0.246 e. The predicted octanol–water partition coefficient (Wildman–Crippen LogP) is 2.23. The predicted molar refractivity (Wildman–Crippen MR) is 135 cm³/mol. The minimum atomic E-state index is 0. The van der Waals surface area contributed by atoms with E-state index >= 15 is 0 Å². The molecule has 1 aromatic heterocycles. The van der Waals surface area contributed by atoms with Crippen LogP contribution >= 0.6 is 24.0 Å². The van der Waals surface area contributed by atoms with Gasteiger partial charge in [0.05, 0.1) is 18.4 Å². The second kappa shape index (κ2) is 10.7. The lowest BCUT2D eigenvalue weighted by Crippen LogP contribution is -2.55. The molecule has 166 valence electrons. The van der Waals surface area contributed by atoms with E-state index in [-0.39, 0.29) is 29.9 Å². The van der Waals surface area contributed by atoms with E-state index in [1.165, 1.54) is 5.69 Å². The number of carbonyl (C=O) groups is 1. The average Bonchev–Trinajstić information content (AvgIpc) is 3.43. The number of piperazine rings is 1. The SMILES string of the molecule is CCNC(=NCc1ccc(N2CC=CC2)cc1)N1CCN(c2cnn(C)c2)C(=O)C1.I. The van der Waals surface area contributed by atoms with Gasteiger partial charge in [-0.05, 0) is 24.6 Å².